The highest BCUT2D eigenvalue weighted by molar-refractivity contribution is 5.60. The van der Waals surface area contributed by atoms with E-state index < -0.39 is 0 Å². The molecule has 0 radical (unpaired) electrons. The van der Waals surface area contributed by atoms with E-state index in [0.717, 1.165) is 44.0 Å². The Bertz CT molecular complexity index is 427. The van der Waals surface area contributed by atoms with E-state index in [-0.39, 0.29) is 0 Å². The fourth-order valence-electron chi connectivity index (χ4n) is 2.34. The first kappa shape index (κ1) is 12.9. The molecule has 1 aromatic rings. The van der Waals surface area contributed by atoms with Crippen LogP contribution in [0.2, 0.25) is 0 Å². The van der Waals surface area contributed by atoms with Crippen molar-refractivity contribution in [2.45, 2.75) is 12.5 Å². The predicted molar refractivity (Wildman–Crippen MR) is 71.7 cm³/mol. The molecule has 1 fully saturated rings. The van der Waals surface area contributed by atoms with Crippen molar-refractivity contribution in [3.8, 4) is 6.07 Å². The molecule has 0 spiro atoms. The number of nitrogens with one attached hydrogen (secondary N) is 1. The van der Waals surface area contributed by atoms with Crippen LogP contribution in [0.25, 0.3) is 0 Å². The Morgan fingerprint density at radius 3 is 3.11 bits per heavy atom. The maximum atomic E-state index is 9.19. The number of hydrogen-bond acceptors (Lipinski definition) is 4. The van der Waals surface area contributed by atoms with Crippen molar-refractivity contribution in [1.82, 2.24) is 5.32 Å². The van der Waals surface area contributed by atoms with Crippen LogP contribution >= 0.6 is 0 Å². The Morgan fingerprint density at radius 2 is 2.33 bits per heavy atom. The second-order valence-corrected chi connectivity index (χ2v) is 4.44. The third-order valence-corrected chi connectivity index (χ3v) is 3.29. The average molecular weight is 245 g/mol. The summed E-state index contributed by atoms with van der Waals surface area (Å²) in [5, 5.41) is 12.4. The standard InChI is InChI=1S/C14H19N3O/c1-16-7-6-13-11-18-9-8-17(13)14-5-3-2-4-12(14)10-15/h2-5,13,16H,6-9,11H2,1H3. The zero-order valence-electron chi connectivity index (χ0n) is 10.7. The number of anilines is 1. The molecular weight excluding hydrogens is 226 g/mol. The third kappa shape index (κ3) is 2.81. The predicted octanol–water partition coefficient (Wildman–Crippen LogP) is 1.37. The van der Waals surface area contributed by atoms with E-state index in [1.54, 1.807) is 0 Å². The van der Waals surface area contributed by atoms with Gasteiger partial charge in [0.15, 0.2) is 0 Å². The van der Waals surface area contributed by atoms with Gasteiger partial charge >= 0.3 is 0 Å². The van der Waals surface area contributed by atoms with Crippen LogP contribution in [0.4, 0.5) is 5.69 Å². The molecular formula is C14H19N3O. The second kappa shape index (κ2) is 6.39. The molecule has 1 saturated heterocycles. The number of nitrogens with zero attached hydrogens (tertiary/aromatic N) is 2. The van der Waals surface area contributed by atoms with E-state index in [2.05, 4.69) is 16.3 Å². The minimum absolute atomic E-state index is 0.348. The quantitative estimate of drug-likeness (QED) is 0.870. The normalized spacial score (nSPS) is 19.6. The fourth-order valence-corrected chi connectivity index (χ4v) is 2.34. The van der Waals surface area contributed by atoms with Gasteiger partial charge in [-0.3, -0.25) is 0 Å². The maximum Gasteiger partial charge on any atom is 0.101 e. The highest BCUT2D eigenvalue weighted by Gasteiger charge is 2.24. The van der Waals surface area contributed by atoms with Crippen LogP contribution < -0.4 is 10.2 Å². The molecule has 1 heterocycles. The zero-order chi connectivity index (χ0) is 12.8. The fraction of sp³-hybridized carbons (Fsp3) is 0.500. The van der Waals surface area contributed by atoms with Gasteiger partial charge in [0.2, 0.25) is 0 Å². The highest BCUT2D eigenvalue weighted by atomic mass is 16.5. The number of hydrogen-bond donors (Lipinski definition) is 1. The van der Waals surface area contributed by atoms with Gasteiger partial charge in [-0.05, 0) is 32.1 Å². The Hall–Kier alpha value is -1.57. The Labute approximate surface area is 108 Å². The monoisotopic (exact) mass is 245 g/mol. The molecule has 1 unspecified atom stereocenters. The Morgan fingerprint density at radius 1 is 1.50 bits per heavy atom. The van der Waals surface area contributed by atoms with Crippen LogP contribution in [0.15, 0.2) is 24.3 Å². The molecule has 1 aromatic carbocycles. The van der Waals surface area contributed by atoms with Crippen LogP contribution in [0, 0.1) is 11.3 Å². The molecule has 1 aliphatic rings. The zero-order valence-corrected chi connectivity index (χ0v) is 10.7. The van der Waals surface area contributed by atoms with Crippen molar-refractivity contribution < 1.29 is 4.74 Å². The molecule has 0 aliphatic carbocycles. The van der Waals surface area contributed by atoms with Crippen molar-refractivity contribution in [1.29, 1.82) is 5.26 Å². The molecule has 2 rings (SSSR count). The van der Waals surface area contributed by atoms with Gasteiger partial charge in [0.1, 0.15) is 6.07 Å². The molecule has 0 amide bonds. The first-order valence-corrected chi connectivity index (χ1v) is 6.35. The molecule has 1 N–H and O–H groups in total. The minimum Gasteiger partial charge on any atom is -0.377 e. The smallest absolute Gasteiger partial charge is 0.101 e. The van der Waals surface area contributed by atoms with Gasteiger partial charge in [-0.25, -0.2) is 0 Å². The van der Waals surface area contributed by atoms with E-state index >= 15 is 0 Å². The van der Waals surface area contributed by atoms with Crippen LogP contribution in [-0.4, -0.2) is 39.4 Å². The molecule has 0 aromatic heterocycles. The summed E-state index contributed by atoms with van der Waals surface area (Å²) in [4.78, 5) is 2.30. The second-order valence-electron chi connectivity index (χ2n) is 4.44. The highest BCUT2D eigenvalue weighted by Crippen LogP contribution is 2.24. The number of para-hydroxylation sites is 1. The molecule has 0 saturated carbocycles. The van der Waals surface area contributed by atoms with Crippen molar-refractivity contribution in [2.24, 2.45) is 0 Å². The van der Waals surface area contributed by atoms with Crippen molar-refractivity contribution >= 4 is 5.69 Å². The van der Waals surface area contributed by atoms with Crippen LogP contribution in [0.1, 0.15) is 12.0 Å². The summed E-state index contributed by atoms with van der Waals surface area (Å²) in [7, 11) is 1.96. The number of nitriles is 1. The molecule has 4 heteroatoms. The lowest BCUT2D eigenvalue weighted by Crippen LogP contribution is -2.47. The van der Waals surface area contributed by atoms with Crippen LogP contribution in [0.5, 0.6) is 0 Å². The summed E-state index contributed by atoms with van der Waals surface area (Å²) in [6.07, 6.45) is 1.02. The molecule has 18 heavy (non-hydrogen) atoms. The largest absolute Gasteiger partial charge is 0.377 e. The van der Waals surface area contributed by atoms with Gasteiger partial charge < -0.3 is 15.0 Å². The Kier molecular flexibility index (Phi) is 4.57. The minimum atomic E-state index is 0.348. The summed E-state index contributed by atoms with van der Waals surface area (Å²) in [6.45, 7) is 3.28. The molecule has 4 nitrogen and oxygen atoms in total. The topological polar surface area (TPSA) is 48.3 Å². The molecule has 0 bridgehead atoms. The van der Waals surface area contributed by atoms with Gasteiger partial charge in [0.05, 0.1) is 30.5 Å². The van der Waals surface area contributed by atoms with Crippen molar-refractivity contribution in [2.75, 3.05) is 38.3 Å². The van der Waals surface area contributed by atoms with E-state index in [0.29, 0.717) is 6.04 Å². The summed E-state index contributed by atoms with van der Waals surface area (Å²) in [5.74, 6) is 0. The number of rotatable bonds is 4. The van der Waals surface area contributed by atoms with E-state index in [1.165, 1.54) is 0 Å². The Balaban J connectivity index is 2.20. The molecule has 1 atom stereocenters. The number of benzene rings is 1. The van der Waals surface area contributed by atoms with Gasteiger partial charge in [-0.1, -0.05) is 12.1 Å². The van der Waals surface area contributed by atoms with Crippen molar-refractivity contribution in [3.63, 3.8) is 0 Å². The molecule has 96 valence electrons. The third-order valence-electron chi connectivity index (χ3n) is 3.29. The summed E-state index contributed by atoms with van der Waals surface area (Å²) < 4.78 is 5.55. The number of morpholine rings is 1. The van der Waals surface area contributed by atoms with E-state index in [1.807, 2.05) is 31.3 Å². The van der Waals surface area contributed by atoms with E-state index in [9.17, 15) is 5.26 Å². The van der Waals surface area contributed by atoms with Gasteiger partial charge in [0, 0.05) is 6.54 Å². The SMILES string of the molecule is CNCCC1COCCN1c1ccccc1C#N. The first-order chi connectivity index (χ1) is 8.86. The lowest BCUT2D eigenvalue weighted by atomic mass is 10.1. The lowest BCUT2D eigenvalue weighted by molar-refractivity contribution is 0.0917. The van der Waals surface area contributed by atoms with Crippen molar-refractivity contribution in [3.05, 3.63) is 29.8 Å². The maximum absolute atomic E-state index is 9.19. The average Bonchev–Trinajstić information content (AvgIpc) is 2.45. The summed E-state index contributed by atoms with van der Waals surface area (Å²) in [6, 6.07) is 10.4. The molecule has 1 aliphatic heterocycles. The lowest BCUT2D eigenvalue weighted by Gasteiger charge is -2.38. The van der Waals surface area contributed by atoms with Gasteiger partial charge in [0.25, 0.3) is 0 Å². The summed E-state index contributed by atoms with van der Waals surface area (Å²) >= 11 is 0. The van der Waals surface area contributed by atoms with Gasteiger partial charge in [-0.2, -0.15) is 5.26 Å². The van der Waals surface area contributed by atoms with E-state index in [4.69, 9.17) is 4.74 Å². The first-order valence-electron chi connectivity index (χ1n) is 6.35. The van der Waals surface area contributed by atoms with Gasteiger partial charge in [-0.15, -0.1) is 0 Å². The van der Waals surface area contributed by atoms with Crippen LogP contribution in [-0.2, 0) is 4.74 Å². The number of ether oxygens (including phenoxy) is 1. The summed E-state index contributed by atoms with van der Waals surface area (Å²) in [5.41, 5.74) is 1.78. The van der Waals surface area contributed by atoms with Crippen LogP contribution in [0.3, 0.4) is 0 Å².